The van der Waals surface area contributed by atoms with Crippen LogP contribution in [0.1, 0.15) is 35.7 Å². The lowest BCUT2D eigenvalue weighted by Crippen LogP contribution is -2.27. The molecule has 1 aliphatic rings. The lowest BCUT2D eigenvalue weighted by atomic mass is 9.91. The Morgan fingerprint density at radius 2 is 2.19 bits per heavy atom. The van der Waals surface area contributed by atoms with Crippen molar-refractivity contribution in [1.29, 1.82) is 0 Å². The van der Waals surface area contributed by atoms with Crippen LogP contribution in [0.25, 0.3) is 0 Å². The second-order valence-electron chi connectivity index (χ2n) is 5.33. The molecule has 0 saturated carbocycles. The first kappa shape index (κ1) is 14.3. The normalized spacial score (nSPS) is 17.5. The topological polar surface area (TPSA) is 44.9 Å². The number of hydrogen-bond acceptors (Lipinski definition) is 2. The number of fused-ring (bicyclic) bond motifs is 1. The maximum atomic E-state index is 13.4. The van der Waals surface area contributed by atoms with Crippen LogP contribution in [0.2, 0.25) is 5.02 Å². The van der Waals surface area contributed by atoms with Gasteiger partial charge in [-0.1, -0.05) is 23.7 Å². The van der Waals surface area contributed by atoms with Crippen LogP contribution in [0.15, 0.2) is 35.1 Å². The van der Waals surface area contributed by atoms with Gasteiger partial charge in [0.05, 0.1) is 5.02 Å². The van der Waals surface area contributed by atoms with Gasteiger partial charge in [-0.2, -0.15) is 0 Å². The molecule has 2 aromatic rings. The van der Waals surface area contributed by atoms with Gasteiger partial charge >= 0.3 is 0 Å². The molecule has 21 heavy (non-hydrogen) atoms. The van der Waals surface area contributed by atoms with Crippen LogP contribution in [0.3, 0.4) is 0 Å². The minimum atomic E-state index is -0.399. The van der Waals surface area contributed by atoms with Crippen LogP contribution >= 0.6 is 11.6 Å². The minimum absolute atomic E-state index is 0.0610. The van der Waals surface area contributed by atoms with E-state index in [1.165, 1.54) is 6.07 Å². The molecule has 2 N–H and O–H groups in total. The molecule has 3 rings (SSSR count). The fourth-order valence-corrected chi connectivity index (χ4v) is 2.92. The molecule has 0 unspecified atom stereocenters. The molecule has 1 atom stereocenters. The third-order valence-corrected chi connectivity index (χ3v) is 4.17. The number of halogens is 2. The van der Waals surface area contributed by atoms with Gasteiger partial charge in [-0.3, -0.25) is 4.79 Å². The molecule has 3 nitrogen and oxygen atoms in total. The molecule has 1 aromatic carbocycles. The number of aromatic amines is 1. The van der Waals surface area contributed by atoms with E-state index in [0.717, 1.165) is 36.1 Å². The molecule has 1 aromatic heterocycles. The van der Waals surface area contributed by atoms with Crippen molar-refractivity contribution in [3.63, 3.8) is 0 Å². The number of H-pyrrole nitrogens is 1. The maximum Gasteiger partial charge on any atom is 0.248 e. The van der Waals surface area contributed by atoms with Crippen LogP contribution in [-0.2, 0) is 13.0 Å². The van der Waals surface area contributed by atoms with Gasteiger partial charge in [0.15, 0.2) is 0 Å². The predicted octanol–water partition coefficient (Wildman–Crippen LogP) is 3.33. The van der Waals surface area contributed by atoms with Gasteiger partial charge in [0.1, 0.15) is 5.82 Å². The molecule has 1 aliphatic carbocycles. The molecule has 1 heterocycles. The molecule has 5 heteroatoms. The molecule has 110 valence electrons. The van der Waals surface area contributed by atoms with Gasteiger partial charge in [0, 0.05) is 24.3 Å². The van der Waals surface area contributed by atoms with Gasteiger partial charge in [-0.05, 0) is 42.5 Å². The van der Waals surface area contributed by atoms with Gasteiger partial charge in [0.2, 0.25) is 5.56 Å². The highest BCUT2D eigenvalue weighted by Crippen LogP contribution is 2.28. The first-order valence-electron chi connectivity index (χ1n) is 7.03. The number of hydrogen-bond donors (Lipinski definition) is 2. The lowest BCUT2D eigenvalue weighted by molar-refractivity contribution is 0.453. The van der Waals surface area contributed by atoms with E-state index in [1.54, 1.807) is 12.1 Å². The summed E-state index contributed by atoms with van der Waals surface area (Å²) in [4.78, 5) is 14.3. The van der Waals surface area contributed by atoms with E-state index in [2.05, 4.69) is 10.3 Å². The predicted molar refractivity (Wildman–Crippen MR) is 81.0 cm³/mol. The molecule has 0 bridgehead atoms. The molecule has 0 fully saturated rings. The molecule has 0 spiro atoms. The summed E-state index contributed by atoms with van der Waals surface area (Å²) in [7, 11) is 0. The van der Waals surface area contributed by atoms with Gasteiger partial charge in [0.25, 0.3) is 0 Å². The number of aromatic nitrogens is 1. The molecular weight excluding hydrogens is 291 g/mol. The van der Waals surface area contributed by atoms with Crippen molar-refractivity contribution in [2.24, 2.45) is 0 Å². The number of pyridine rings is 1. The van der Waals surface area contributed by atoms with Crippen LogP contribution in [0.5, 0.6) is 0 Å². The van der Waals surface area contributed by atoms with Crippen molar-refractivity contribution in [1.82, 2.24) is 10.3 Å². The van der Waals surface area contributed by atoms with Crippen molar-refractivity contribution in [2.45, 2.75) is 31.8 Å². The van der Waals surface area contributed by atoms with E-state index < -0.39 is 5.82 Å². The summed E-state index contributed by atoms with van der Waals surface area (Å²) in [5, 5.41) is 3.57. The van der Waals surface area contributed by atoms with Crippen LogP contribution in [0.4, 0.5) is 4.39 Å². The summed E-state index contributed by atoms with van der Waals surface area (Å²) in [6.07, 6.45) is 2.94. The summed E-state index contributed by atoms with van der Waals surface area (Å²) in [6, 6.07) is 8.46. The summed E-state index contributed by atoms with van der Waals surface area (Å²) in [5.41, 5.74) is 2.94. The monoisotopic (exact) mass is 306 g/mol. The summed E-state index contributed by atoms with van der Waals surface area (Å²) >= 11 is 5.68. The van der Waals surface area contributed by atoms with E-state index in [-0.39, 0.29) is 16.6 Å². The highest BCUT2D eigenvalue weighted by Gasteiger charge is 2.20. The molecule has 0 aliphatic heterocycles. The average Bonchev–Trinajstić information content (AvgIpc) is 2.48. The van der Waals surface area contributed by atoms with Crippen LogP contribution in [0, 0.1) is 5.82 Å². The SMILES string of the molecule is O=c1ccc2c([nH]1)CCC[C@H]2NCc1ccc(Cl)c(F)c1. The smallest absolute Gasteiger partial charge is 0.248 e. The zero-order valence-corrected chi connectivity index (χ0v) is 12.2. The van der Waals surface area contributed by atoms with E-state index in [0.29, 0.717) is 6.54 Å². The zero-order chi connectivity index (χ0) is 14.8. The molecule has 0 radical (unpaired) electrons. The van der Waals surface area contributed by atoms with E-state index in [4.69, 9.17) is 11.6 Å². The second kappa shape index (κ2) is 6.00. The van der Waals surface area contributed by atoms with E-state index in [9.17, 15) is 9.18 Å². The van der Waals surface area contributed by atoms with Crippen LogP contribution < -0.4 is 10.9 Å². The average molecular weight is 307 g/mol. The van der Waals surface area contributed by atoms with Crippen molar-refractivity contribution >= 4 is 11.6 Å². The van der Waals surface area contributed by atoms with Gasteiger partial charge in [-0.25, -0.2) is 4.39 Å². The standard InChI is InChI=1S/C16H16ClFN2O/c17-12-6-4-10(8-13(12)18)9-19-14-2-1-3-15-11(14)5-7-16(21)20-15/h4-8,14,19H,1-3,9H2,(H,20,21)/t14-/m1/s1. The zero-order valence-electron chi connectivity index (χ0n) is 11.5. The number of rotatable bonds is 3. The Hall–Kier alpha value is -1.65. The van der Waals surface area contributed by atoms with Gasteiger partial charge < -0.3 is 10.3 Å². The third-order valence-electron chi connectivity index (χ3n) is 3.87. The molecule has 0 saturated heterocycles. The minimum Gasteiger partial charge on any atom is -0.326 e. The Morgan fingerprint density at radius 3 is 3.00 bits per heavy atom. The Labute approximate surface area is 127 Å². The van der Waals surface area contributed by atoms with Crippen molar-refractivity contribution < 1.29 is 4.39 Å². The fourth-order valence-electron chi connectivity index (χ4n) is 2.80. The first-order valence-corrected chi connectivity index (χ1v) is 7.41. The lowest BCUT2D eigenvalue weighted by Gasteiger charge is -2.26. The van der Waals surface area contributed by atoms with E-state index in [1.807, 2.05) is 12.1 Å². The third kappa shape index (κ3) is 3.17. The first-order chi connectivity index (χ1) is 10.1. The maximum absolute atomic E-state index is 13.4. The summed E-state index contributed by atoms with van der Waals surface area (Å²) in [6.45, 7) is 0.567. The largest absolute Gasteiger partial charge is 0.326 e. The molecule has 0 amide bonds. The second-order valence-corrected chi connectivity index (χ2v) is 5.74. The highest BCUT2D eigenvalue weighted by atomic mass is 35.5. The van der Waals surface area contributed by atoms with Gasteiger partial charge in [-0.15, -0.1) is 0 Å². The quantitative estimate of drug-likeness (QED) is 0.913. The Balaban J connectivity index is 1.74. The Bertz CT molecular complexity index is 714. The van der Waals surface area contributed by atoms with Crippen LogP contribution in [-0.4, -0.2) is 4.98 Å². The highest BCUT2D eigenvalue weighted by molar-refractivity contribution is 6.30. The fraction of sp³-hybridized carbons (Fsp3) is 0.312. The Morgan fingerprint density at radius 1 is 1.33 bits per heavy atom. The molecular formula is C16H16ClFN2O. The van der Waals surface area contributed by atoms with Crippen molar-refractivity contribution in [3.05, 3.63) is 68.3 Å². The number of aryl methyl sites for hydroxylation is 1. The van der Waals surface area contributed by atoms with Crippen molar-refractivity contribution in [3.8, 4) is 0 Å². The summed E-state index contributed by atoms with van der Waals surface area (Å²) < 4.78 is 13.4. The van der Waals surface area contributed by atoms with E-state index >= 15 is 0 Å². The number of nitrogens with one attached hydrogen (secondary N) is 2. The summed E-state index contributed by atoms with van der Waals surface area (Å²) in [5.74, 6) is -0.399. The Kier molecular flexibility index (Phi) is 4.08. The van der Waals surface area contributed by atoms with Crippen molar-refractivity contribution in [2.75, 3.05) is 0 Å². The number of benzene rings is 1.